The van der Waals surface area contributed by atoms with Crippen LogP contribution in [0.2, 0.25) is 0 Å². The summed E-state index contributed by atoms with van der Waals surface area (Å²) in [6, 6.07) is 1.64. The molecule has 0 unspecified atom stereocenters. The lowest BCUT2D eigenvalue weighted by atomic mass is 9.94. The maximum Gasteiger partial charge on any atom is 0.158 e. The van der Waals surface area contributed by atoms with E-state index in [1.54, 1.807) is 13.2 Å². The number of methoxy groups -OCH3 is 1. The molecule has 7 heteroatoms. The Balaban J connectivity index is 1.98. The minimum atomic E-state index is -0.751. The van der Waals surface area contributed by atoms with Crippen molar-refractivity contribution in [1.29, 1.82) is 0 Å². The predicted molar refractivity (Wildman–Crippen MR) is 70.6 cm³/mol. The number of aliphatic hydroxyl groups is 1. The molecule has 19 heavy (non-hydrogen) atoms. The highest BCUT2D eigenvalue weighted by Gasteiger charge is 2.29. The number of anilines is 2. The molecule has 0 aromatic carbocycles. The van der Waals surface area contributed by atoms with Gasteiger partial charge in [0.1, 0.15) is 18.2 Å². The first-order valence-corrected chi connectivity index (χ1v) is 6.28. The van der Waals surface area contributed by atoms with Crippen LogP contribution >= 0.6 is 0 Å². The van der Waals surface area contributed by atoms with E-state index in [-0.39, 0.29) is 0 Å². The minimum absolute atomic E-state index is 0.303. The van der Waals surface area contributed by atoms with Crippen molar-refractivity contribution in [2.45, 2.75) is 25.0 Å². The zero-order valence-electron chi connectivity index (χ0n) is 11.1. The Bertz CT molecular complexity index is 421. The lowest BCUT2D eigenvalue weighted by molar-refractivity contribution is -0.0543. The smallest absolute Gasteiger partial charge is 0.158 e. The van der Waals surface area contributed by atoms with Crippen molar-refractivity contribution >= 4 is 11.6 Å². The van der Waals surface area contributed by atoms with Crippen LogP contribution in [-0.4, -0.2) is 47.5 Å². The fourth-order valence-corrected chi connectivity index (χ4v) is 1.99. The lowest BCUT2D eigenvalue weighted by Gasteiger charge is -2.32. The Kier molecular flexibility index (Phi) is 4.52. The summed E-state index contributed by atoms with van der Waals surface area (Å²) in [7, 11) is 1.57. The molecule has 0 bridgehead atoms. The molecule has 106 valence electrons. The number of ether oxygens (including phenoxy) is 2. The summed E-state index contributed by atoms with van der Waals surface area (Å²) in [5.41, 5.74) is 4.95. The van der Waals surface area contributed by atoms with Gasteiger partial charge < -0.3 is 25.6 Å². The van der Waals surface area contributed by atoms with Crippen LogP contribution in [0.3, 0.4) is 0 Å². The van der Waals surface area contributed by atoms with Gasteiger partial charge in [0.05, 0.1) is 5.60 Å². The molecule has 2 heterocycles. The average Bonchev–Trinajstić information content (AvgIpc) is 2.37. The van der Waals surface area contributed by atoms with Crippen molar-refractivity contribution in [2.75, 3.05) is 37.9 Å². The number of nitrogens with two attached hydrogens (primary N) is 1. The molecule has 1 saturated heterocycles. The maximum absolute atomic E-state index is 10.3. The summed E-state index contributed by atoms with van der Waals surface area (Å²) in [6.07, 6.45) is 1.23. The fourth-order valence-electron chi connectivity index (χ4n) is 1.99. The Morgan fingerprint density at radius 2 is 2.21 bits per heavy atom. The summed E-state index contributed by atoms with van der Waals surface area (Å²) < 4.78 is 10.2. The van der Waals surface area contributed by atoms with Gasteiger partial charge in [0.15, 0.2) is 5.82 Å². The van der Waals surface area contributed by atoms with E-state index in [0.29, 0.717) is 56.7 Å². The molecule has 0 amide bonds. The second-order valence-corrected chi connectivity index (χ2v) is 4.72. The first kappa shape index (κ1) is 14.0. The molecule has 4 N–H and O–H groups in total. The first-order valence-electron chi connectivity index (χ1n) is 6.28. The van der Waals surface area contributed by atoms with Crippen molar-refractivity contribution in [3.05, 3.63) is 11.9 Å². The van der Waals surface area contributed by atoms with Crippen LogP contribution in [0.1, 0.15) is 18.7 Å². The van der Waals surface area contributed by atoms with Crippen molar-refractivity contribution in [2.24, 2.45) is 0 Å². The molecule has 0 radical (unpaired) electrons. The van der Waals surface area contributed by atoms with Gasteiger partial charge in [-0.2, -0.15) is 0 Å². The zero-order chi connectivity index (χ0) is 13.7. The van der Waals surface area contributed by atoms with E-state index in [0.717, 1.165) is 0 Å². The minimum Gasteiger partial charge on any atom is -0.388 e. The van der Waals surface area contributed by atoms with Crippen molar-refractivity contribution in [3.63, 3.8) is 0 Å². The number of nitrogens with zero attached hydrogens (tertiary/aromatic N) is 2. The molecule has 1 aliphatic heterocycles. The second kappa shape index (κ2) is 6.14. The number of hydrogen-bond donors (Lipinski definition) is 3. The molecule has 1 aromatic rings. The zero-order valence-corrected chi connectivity index (χ0v) is 11.1. The third-order valence-electron chi connectivity index (χ3n) is 3.09. The standard InChI is InChI=1S/C12H20N4O3/c1-18-7-11-15-9(13)6-10(16-11)14-8-12(17)2-4-19-5-3-12/h6,17H,2-5,7-8H2,1H3,(H3,13,14,15,16). The molecule has 0 saturated carbocycles. The molecule has 1 fully saturated rings. The summed E-state index contributed by atoms with van der Waals surface area (Å²) in [4.78, 5) is 8.32. The summed E-state index contributed by atoms with van der Waals surface area (Å²) in [5, 5.41) is 13.4. The van der Waals surface area contributed by atoms with Crippen LogP contribution < -0.4 is 11.1 Å². The normalized spacial score (nSPS) is 18.2. The van der Waals surface area contributed by atoms with E-state index in [1.165, 1.54) is 0 Å². The van der Waals surface area contributed by atoms with Gasteiger partial charge in [-0.05, 0) is 0 Å². The molecular weight excluding hydrogens is 248 g/mol. The molecule has 1 aliphatic rings. The third-order valence-corrected chi connectivity index (χ3v) is 3.09. The highest BCUT2D eigenvalue weighted by Crippen LogP contribution is 2.21. The van der Waals surface area contributed by atoms with Gasteiger partial charge in [-0.3, -0.25) is 0 Å². The van der Waals surface area contributed by atoms with Gasteiger partial charge in [-0.1, -0.05) is 0 Å². The molecule has 0 atom stereocenters. The van der Waals surface area contributed by atoms with Gasteiger partial charge in [0.25, 0.3) is 0 Å². The largest absolute Gasteiger partial charge is 0.388 e. The van der Waals surface area contributed by atoms with E-state index < -0.39 is 5.60 Å². The highest BCUT2D eigenvalue weighted by atomic mass is 16.5. The maximum atomic E-state index is 10.3. The Morgan fingerprint density at radius 3 is 2.89 bits per heavy atom. The van der Waals surface area contributed by atoms with Gasteiger partial charge in [0, 0.05) is 45.8 Å². The van der Waals surface area contributed by atoms with E-state index in [1.807, 2.05) is 0 Å². The second-order valence-electron chi connectivity index (χ2n) is 4.72. The van der Waals surface area contributed by atoms with Gasteiger partial charge in [0.2, 0.25) is 0 Å². The van der Waals surface area contributed by atoms with Gasteiger partial charge >= 0.3 is 0 Å². The van der Waals surface area contributed by atoms with Crippen molar-refractivity contribution < 1.29 is 14.6 Å². The number of hydrogen-bond acceptors (Lipinski definition) is 7. The molecule has 1 aromatic heterocycles. The number of nitrogens with one attached hydrogen (secondary N) is 1. The van der Waals surface area contributed by atoms with E-state index in [9.17, 15) is 5.11 Å². The van der Waals surface area contributed by atoms with E-state index in [4.69, 9.17) is 15.2 Å². The van der Waals surface area contributed by atoms with E-state index in [2.05, 4.69) is 15.3 Å². The fraction of sp³-hybridized carbons (Fsp3) is 0.667. The van der Waals surface area contributed by atoms with Gasteiger partial charge in [-0.25, -0.2) is 9.97 Å². The van der Waals surface area contributed by atoms with Crippen LogP contribution in [-0.2, 0) is 16.1 Å². The van der Waals surface area contributed by atoms with Crippen LogP contribution in [0.5, 0.6) is 0 Å². The molecule has 2 rings (SSSR count). The molecule has 7 nitrogen and oxygen atoms in total. The van der Waals surface area contributed by atoms with Gasteiger partial charge in [-0.15, -0.1) is 0 Å². The number of aromatic nitrogens is 2. The SMILES string of the molecule is COCc1nc(N)cc(NCC2(O)CCOCC2)n1. The van der Waals surface area contributed by atoms with Crippen molar-refractivity contribution in [1.82, 2.24) is 9.97 Å². The van der Waals surface area contributed by atoms with Crippen molar-refractivity contribution in [3.8, 4) is 0 Å². The van der Waals surface area contributed by atoms with E-state index >= 15 is 0 Å². The predicted octanol–water partition coefficient (Wildman–Crippen LogP) is 0.159. The lowest BCUT2D eigenvalue weighted by Crippen LogP contribution is -2.42. The van der Waals surface area contributed by atoms with Crippen LogP contribution in [0.15, 0.2) is 6.07 Å². The third kappa shape index (κ3) is 4.02. The topological polar surface area (TPSA) is 103 Å². The highest BCUT2D eigenvalue weighted by molar-refractivity contribution is 5.44. The summed E-state index contributed by atoms with van der Waals surface area (Å²) in [6.45, 7) is 1.88. The molecular formula is C12H20N4O3. The molecule has 0 aliphatic carbocycles. The first-order chi connectivity index (χ1) is 9.11. The van der Waals surface area contributed by atoms with Crippen LogP contribution in [0.25, 0.3) is 0 Å². The number of nitrogen functional groups attached to an aromatic ring is 1. The summed E-state index contributed by atoms with van der Waals surface area (Å²) >= 11 is 0. The van der Waals surface area contributed by atoms with Crippen LogP contribution in [0, 0.1) is 0 Å². The Labute approximate surface area is 112 Å². The molecule has 0 spiro atoms. The average molecular weight is 268 g/mol. The number of rotatable bonds is 5. The van der Waals surface area contributed by atoms with Crippen LogP contribution in [0.4, 0.5) is 11.6 Å². The monoisotopic (exact) mass is 268 g/mol. The quantitative estimate of drug-likeness (QED) is 0.699. The Hall–Kier alpha value is -1.44. The summed E-state index contributed by atoms with van der Waals surface area (Å²) in [5.74, 6) is 1.49. The Morgan fingerprint density at radius 1 is 1.47 bits per heavy atom.